The van der Waals surface area contributed by atoms with Gasteiger partial charge in [-0.05, 0) is 12.5 Å². The van der Waals surface area contributed by atoms with Crippen LogP contribution in [0.5, 0.6) is 0 Å². The van der Waals surface area contributed by atoms with Crippen molar-refractivity contribution in [1.82, 2.24) is 5.32 Å². The minimum atomic E-state index is -0.704. The summed E-state index contributed by atoms with van der Waals surface area (Å²) in [6, 6.07) is 8.96. The van der Waals surface area contributed by atoms with Crippen molar-refractivity contribution in [1.29, 1.82) is 0 Å². The first kappa shape index (κ1) is 14.7. The summed E-state index contributed by atoms with van der Waals surface area (Å²) in [7, 11) is 1.56. The second kappa shape index (κ2) is 7.13. The topological polar surface area (TPSA) is 58.6 Å². The summed E-state index contributed by atoms with van der Waals surface area (Å²) in [4.78, 5) is 11.8. The van der Waals surface area contributed by atoms with Crippen LogP contribution in [0.1, 0.15) is 25.5 Å². The minimum Gasteiger partial charge on any atom is -0.386 e. The van der Waals surface area contributed by atoms with E-state index in [2.05, 4.69) is 5.32 Å². The number of ether oxygens (including phenoxy) is 1. The van der Waals surface area contributed by atoms with Gasteiger partial charge in [0, 0.05) is 7.11 Å². The Kier molecular flexibility index (Phi) is 5.82. The lowest BCUT2D eigenvalue weighted by molar-refractivity contribution is -0.127. The molecule has 0 saturated carbocycles. The number of hydrogen-bond donors (Lipinski definition) is 2. The Labute approximate surface area is 108 Å². The molecule has 1 amide bonds. The highest BCUT2D eigenvalue weighted by Crippen LogP contribution is 2.16. The van der Waals surface area contributed by atoms with E-state index in [9.17, 15) is 9.90 Å². The SMILES string of the molecule is COC[C@@H](C)C(=O)N[C@H](C)[C@@H](O)c1ccccc1. The predicted octanol–water partition coefficient (Wildman–Crippen LogP) is 1.51. The number of carbonyl (C=O) groups excluding carboxylic acids is 1. The molecule has 4 heteroatoms. The zero-order valence-corrected chi connectivity index (χ0v) is 11.1. The summed E-state index contributed by atoms with van der Waals surface area (Å²) in [6.45, 7) is 3.95. The average Bonchev–Trinajstić information content (AvgIpc) is 2.39. The Morgan fingerprint density at radius 1 is 1.33 bits per heavy atom. The van der Waals surface area contributed by atoms with Crippen LogP contribution in [0.15, 0.2) is 30.3 Å². The summed E-state index contributed by atoms with van der Waals surface area (Å²) in [5.41, 5.74) is 0.796. The van der Waals surface area contributed by atoms with E-state index in [1.54, 1.807) is 21.0 Å². The molecule has 0 heterocycles. The fraction of sp³-hybridized carbons (Fsp3) is 0.500. The third-order valence-corrected chi connectivity index (χ3v) is 2.85. The van der Waals surface area contributed by atoms with E-state index in [1.165, 1.54) is 0 Å². The van der Waals surface area contributed by atoms with Gasteiger partial charge >= 0.3 is 0 Å². The van der Waals surface area contributed by atoms with Crippen molar-refractivity contribution >= 4 is 5.91 Å². The van der Waals surface area contributed by atoms with Crippen LogP contribution < -0.4 is 5.32 Å². The van der Waals surface area contributed by atoms with Crippen molar-refractivity contribution in [3.63, 3.8) is 0 Å². The Hall–Kier alpha value is -1.39. The Bertz CT molecular complexity index is 367. The van der Waals surface area contributed by atoms with E-state index in [1.807, 2.05) is 30.3 Å². The maximum atomic E-state index is 11.8. The van der Waals surface area contributed by atoms with Gasteiger partial charge in [-0.1, -0.05) is 37.3 Å². The van der Waals surface area contributed by atoms with Crippen molar-refractivity contribution in [2.75, 3.05) is 13.7 Å². The number of aliphatic hydroxyl groups excluding tert-OH is 1. The number of carbonyl (C=O) groups is 1. The Morgan fingerprint density at radius 2 is 1.94 bits per heavy atom. The predicted molar refractivity (Wildman–Crippen MR) is 70.0 cm³/mol. The third kappa shape index (κ3) is 4.13. The van der Waals surface area contributed by atoms with Crippen LogP contribution in [0.4, 0.5) is 0 Å². The molecular weight excluding hydrogens is 230 g/mol. The zero-order valence-electron chi connectivity index (χ0n) is 11.1. The standard InChI is InChI=1S/C14H21NO3/c1-10(9-18-3)14(17)15-11(2)13(16)12-7-5-4-6-8-12/h4-8,10-11,13,16H,9H2,1-3H3,(H,15,17)/t10-,11-,13-/m1/s1. The van der Waals surface area contributed by atoms with Gasteiger partial charge in [0.25, 0.3) is 0 Å². The first-order valence-corrected chi connectivity index (χ1v) is 6.08. The van der Waals surface area contributed by atoms with E-state index in [0.29, 0.717) is 6.61 Å². The van der Waals surface area contributed by atoms with Gasteiger partial charge in [-0.2, -0.15) is 0 Å². The van der Waals surface area contributed by atoms with Crippen molar-refractivity contribution < 1.29 is 14.6 Å². The van der Waals surface area contributed by atoms with Crippen LogP contribution in [0.3, 0.4) is 0 Å². The fourth-order valence-electron chi connectivity index (χ4n) is 1.71. The molecule has 3 atom stereocenters. The van der Waals surface area contributed by atoms with Crippen molar-refractivity contribution in [2.24, 2.45) is 5.92 Å². The molecule has 0 aliphatic rings. The van der Waals surface area contributed by atoms with E-state index >= 15 is 0 Å². The number of hydrogen-bond acceptors (Lipinski definition) is 3. The van der Waals surface area contributed by atoms with Crippen molar-refractivity contribution in [3.8, 4) is 0 Å². The number of nitrogens with one attached hydrogen (secondary N) is 1. The minimum absolute atomic E-state index is 0.112. The van der Waals surface area contributed by atoms with E-state index in [4.69, 9.17) is 4.74 Å². The van der Waals surface area contributed by atoms with Gasteiger partial charge in [-0.15, -0.1) is 0 Å². The zero-order chi connectivity index (χ0) is 13.5. The van der Waals surface area contributed by atoms with Crippen LogP contribution in [0.25, 0.3) is 0 Å². The van der Waals surface area contributed by atoms with E-state index in [-0.39, 0.29) is 17.9 Å². The molecule has 4 nitrogen and oxygen atoms in total. The molecule has 2 N–H and O–H groups in total. The monoisotopic (exact) mass is 251 g/mol. The molecule has 0 radical (unpaired) electrons. The van der Waals surface area contributed by atoms with Crippen molar-refractivity contribution in [2.45, 2.75) is 26.0 Å². The van der Waals surface area contributed by atoms with E-state index < -0.39 is 6.10 Å². The summed E-state index contributed by atoms with van der Waals surface area (Å²) in [5, 5.41) is 12.9. The molecule has 0 saturated heterocycles. The van der Waals surface area contributed by atoms with Gasteiger partial charge in [-0.25, -0.2) is 0 Å². The summed E-state index contributed by atoms with van der Waals surface area (Å²) in [5.74, 6) is -0.334. The second-order valence-corrected chi connectivity index (χ2v) is 4.51. The first-order chi connectivity index (χ1) is 8.56. The molecule has 18 heavy (non-hydrogen) atoms. The lowest BCUT2D eigenvalue weighted by atomic mass is 10.0. The highest BCUT2D eigenvalue weighted by Gasteiger charge is 2.20. The highest BCUT2D eigenvalue weighted by molar-refractivity contribution is 5.78. The molecule has 0 aromatic heterocycles. The van der Waals surface area contributed by atoms with Gasteiger partial charge < -0.3 is 15.2 Å². The van der Waals surface area contributed by atoms with Gasteiger partial charge in [0.15, 0.2) is 0 Å². The van der Waals surface area contributed by atoms with Gasteiger partial charge in [0.05, 0.1) is 24.7 Å². The quantitative estimate of drug-likeness (QED) is 0.805. The molecule has 1 aromatic carbocycles. The molecule has 0 bridgehead atoms. The maximum absolute atomic E-state index is 11.8. The molecule has 0 spiro atoms. The van der Waals surface area contributed by atoms with Crippen LogP contribution in [0.2, 0.25) is 0 Å². The Morgan fingerprint density at radius 3 is 2.50 bits per heavy atom. The Balaban J connectivity index is 2.55. The number of benzene rings is 1. The normalized spacial score (nSPS) is 15.8. The molecule has 1 rings (SSSR count). The smallest absolute Gasteiger partial charge is 0.225 e. The highest BCUT2D eigenvalue weighted by atomic mass is 16.5. The lowest BCUT2D eigenvalue weighted by Gasteiger charge is -2.22. The molecular formula is C14H21NO3. The van der Waals surface area contributed by atoms with Crippen LogP contribution in [0, 0.1) is 5.92 Å². The number of rotatable bonds is 6. The molecule has 100 valence electrons. The molecule has 0 aliphatic carbocycles. The largest absolute Gasteiger partial charge is 0.386 e. The maximum Gasteiger partial charge on any atom is 0.225 e. The second-order valence-electron chi connectivity index (χ2n) is 4.51. The summed E-state index contributed by atoms with van der Waals surface area (Å²) < 4.78 is 4.93. The fourth-order valence-corrected chi connectivity index (χ4v) is 1.71. The molecule has 0 unspecified atom stereocenters. The summed E-state index contributed by atoms with van der Waals surface area (Å²) >= 11 is 0. The number of methoxy groups -OCH3 is 1. The average molecular weight is 251 g/mol. The van der Waals surface area contributed by atoms with Gasteiger partial charge in [0.1, 0.15) is 0 Å². The number of amides is 1. The van der Waals surface area contributed by atoms with E-state index in [0.717, 1.165) is 5.56 Å². The van der Waals surface area contributed by atoms with Gasteiger partial charge in [0.2, 0.25) is 5.91 Å². The first-order valence-electron chi connectivity index (χ1n) is 6.08. The van der Waals surface area contributed by atoms with Crippen molar-refractivity contribution in [3.05, 3.63) is 35.9 Å². The number of aliphatic hydroxyl groups is 1. The molecule has 0 aliphatic heterocycles. The van der Waals surface area contributed by atoms with Crippen LogP contribution in [-0.4, -0.2) is 30.8 Å². The lowest BCUT2D eigenvalue weighted by Crippen LogP contribution is -2.40. The third-order valence-electron chi connectivity index (χ3n) is 2.85. The molecule has 0 fully saturated rings. The van der Waals surface area contributed by atoms with Gasteiger partial charge in [-0.3, -0.25) is 4.79 Å². The summed E-state index contributed by atoms with van der Waals surface area (Å²) in [6.07, 6.45) is -0.704. The van der Waals surface area contributed by atoms with Crippen LogP contribution in [-0.2, 0) is 9.53 Å². The van der Waals surface area contributed by atoms with Crippen LogP contribution >= 0.6 is 0 Å². The molecule has 1 aromatic rings.